The number of hydrogen-bond donors (Lipinski definition) is 2. The van der Waals surface area contributed by atoms with Gasteiger partial charge in [0.1, 0.15) is 28.1 Å². The molecule has 0 bridgehead atoms. The van der Waals surface area contributed by atoms with E-state index in [0.717, 1.165) is 28.5 Å². The van der Waals surface area contributed by atoms with Gasteiger partial charge in [0.15, 0.2) is 15.7 Å². The standard InChI is InChI=1S/C26H28ClN5O4S/c1-17-14-19(8-9-22(17)36-20-7-5-6-18(27)15-20)31-24-23-21(29-16-30-24)10-12-32(23)13-11-28-25(33)26(2,3)37(4,34)35/h5-10,12,14-16H,11,13H2,1-4H3,(H,28,33)(H,29,30,31). The Bertz CT molecular complexity index is 1570. The Hall–Kier alpha value is -3.63. The van der Waals surface area contributed by atoms with Crippen molar-refractivity contribution in [2.75, 3.05) is 18.1 Å². The van der Waals surface area contributed by atoms with Crippen LogP contribution in [0.4, 0.5) is 11.5 Å². The molecule has 194 valence electrons. The second-order valence-electron chi connectivity index (χ2n) is 9.17. The molecule has 11 heteroatoms. The van der Waals surface area contributed by atoms with Crippen LogP contribution in [0, 0.1) is 6.92 Å². The third-order valence-corrected chi connectivity index (χ3v) is 8.40. The number of halogens is 1. The van der Waals surface area contributed by atoms with Gasteiger partial charge in [-0.3, -0.25) is 4.79 Å². The predicted octanol–water partition coefficient (Wildman–Crippen LogP) is 4.87. The van der Waals surface area contributed by atoms with Gasteiger partial charge in [0.25, 0.3) is 0 Å². The number of rotatable bonds is 9. The Kier molecular flexibility index (Phi) is 7.42. The van der Waals surface area contributed by atoms with Crippen molar-refractivity contribution in [1.29, 1.82) is 0 Å². The molecule has 0 atom stereocenters. The number of nitrogens with zero attached hydrogens (tertiary/aromatic N) is 3. The van der Waals surface area contributed by atoms with Crippen LogP contribution in [0.25, 0.3) is 11.0 Å². The fraction of sp³-hybridized carbons (Fsp3) is 0.269. The lowest BCUT2D eigenvalue weighted by molar-refractivity contribution is -0.122. The van der Waals surface area contributed by atoms with Crippen molar-refractivity contribution in [3.63, 3.8) is 0 Å². The number of aromatic nitrogens is 3. The number of hydrogen-bond acceptors (Lipinski definition) is 7. The van der Waals surface area contributed by atoms with Gasteiger partial charge in [0.05, 0.1) is 5.52 Å². The first-order valence-corrected chi connectivity index (χ1v) is 13.8. The largest absolute Gasteiger partial charge is 0.457 e. The summed E-state index contributed by atoms with van der Waals surface area (Å²) < 4.78 is 30.2. The highest BCUT2D eigenvalue weighted by Gasteiger charge is 2.38. The van der Waals surface area contributed by atoms with Crippen LogP contribution >= 0.6 is 11.6 Å². The number of carbonyl (C=O) groups is 1. The van der Waals surface area contributed by atoms with Crippen molar-refractivity contribution in [2.24, 2.45) is 0 Å². The Morgan fingerprint density at radius 2 is 1.92 bits per heavy atom. The van der Waals surface area contributed by atoms with E-state index in [1.807, 2.05) is 54.1 Å². The first kappa shape index (κ1) is 26.4. The zero-order valence-electron chi connectivity index (χ0n) is 20.9. The van der Waals surface area contributed by atoms with Crippen molar-refractivity contribution in [3.8, 4) is 11.5 Å². The summed E-state index contributed by atoms with van der Waals surface area (Å²) in [6.07, 6.45) is 4.39. The van der Waals surface area contributed by atoms with E-state index in [9.17, 15) is 13.2 Å². The van der Waals surface area contributed by atoms with E-state index in [4.69, 9.17) is 16.3 Å². The SMILES string of the molecule is Cc1cc(Nc2ncnc3ccn(CCNC(=O)C(C)(C)S(C)(=O)=O)c23)ccc1Oc1cccc(Cl)c1. The van der Waals surface area contributed by atoms with Crippen LogP contribution in [0.5, 0.6) is 11.5 Å². The summed E-state index contributed by atoms with van der Waals surface area (Å²) in [5.74, 6) is 1.41. The Balaban J connectivity index is 1.50. The molecule has 0 aliphatic rings. The summed E-state index contributed by atoms with van der Waals surface area (Å²) in [6.45, 7) is 5.38. The molecule has 0 fully saturated rings. The highest BCUT2D eigenvalue weighted by molar-refractivity contribution is 7.92. The van der Waals surface area contributed by atoms with Crippen molar-refractivity contribution in [1.82, 2.24) is 19.9 Å². The molecule has 0 unspecified atom stereocenters. The first-order chi connectivity index (χ1) is 17.5. The highest BCUT2D eigenvalue weighted by Crippen LogP contribution is 2.31. The summed E-state index contributed by atoms with van der Waals surface area (Å²) in [6, 6.07) is 14.8. The zero-order chi connectivity index (χ0) is 26.8. The van der Waals surface area contributed by atoms with Gasteiger partial charge < -0.3 is 19.9 Å². The van der Waals surface area contributed by atoms with E-state index >= 15 is 0 Å². The molecule has 37 heavy (non-hydrogen) atoms. The van der Waals surface area contributed by atoms with E-state index in [2.05, 4.69) is 20.6 Å². The van der Waals surface area contributed by atoms with Gasteiger partial charge in [-0.25, -0.2) is 18.4 Å². The highest BCUT2D eigenvalue weighted by atomic mass is 35.5. The first-order valence-electron chi connectivity index (χ1n) is 11.5. The van der Waals surface area contributed by atoms with Gasteiger partial charge in [0, 0.05) is 36.3 Å². The average Bonchev–Trinajstić information content (AvgIpc) is 3.24. The normalized spacial score (nSPS) is 11.9. The minimum absolute atomic E-state index is 0.241. The molecule has 9 nitrogen and oxygen atoms in total. The van der Waals surface area contributed by atoms with Gasteiger partial charge in [-0.1, -0.05) is 17.7 Å². The van der Waals surface area contributed by atoms with Crippen LogP contribution in [0.2, 0.25) is 5.02 Å². The minimum atomic E-state index is -3.55. The maximum absolute atomic E-state index is 12.4. The van der Waals surface area contributed by atoms with Crippen LogP contribution in [-0.4, -0.2) is 46.4 Å². The third-order valence-electron chi connectivity index (χ3n) is 6.12. The van der Waals surface area contributed by atoms with Gasteiger partial charge >= 0.3 is 0 Å². The second kappa shape index (κ2) is 10.4. The van der Waals surface area contributed by atoms with Crippen LogP contribution in [-0.2, 0) is 21.2 Å². The third kappa shape index (κ3) is 5.86. The van der Waals surface area contributed by atoms with Gasteiger partial charge in [-0.15, -0.1) is 0 Å². The molecule has 0 aliphatic heterocycles. The van der Waals surface area contributed by atoms with E-state index < -0.39 is 20.5 Å². The van der Waals surface area contributed by atoms with Crippen LogP contribution < -0.4 is 15.4 Å². The number of amides is 1. The molecule has 4 aromatic rings. The molecule has 2 heterocycles. The minimum Gasteiger partial charge on any atom is -0.457 e. The van der Waals surface area contributed by atoms with Gasteiger partial charge in [-0.05, 0) is 68.8 Å². The molecule has 0 saturated carbocycles. The van der Waals surface area contributed by atoms with Crippen molar-refractivity contribution in [3.05, 3.63) is 71.6 Å². The maximum Gasteiger partial charge on any atom is 0.240 e. The Morgan fingerprint density at radius 3 is 2.62 bits per heavy atom. The van der Waals surface area contributed by atoms with Gasteiger partial charge in [-0.2, -0.15) is 0 Å². The molecule has 0 aliphatic carbocycles. The number of ether oxygens (including phenoxy) is 1. The van der Waals surface area contributed by atoms with E-state index in [1.165, 1.54) is 20.2 Å². The Labute approximate surface area is 220 Å². The van der Waals surface area contributed by atoms with Crippen LogP contribution in [0.15, 0.2) is 61.1 Å². The summed E-state index contributed by atoms with van der Waals surface area (Å²) in [7, 11) is -3.55. The van der Waals surface area contributed by atoms with E-state index in [0.29, 0.717) is 28.9 Å². The lowest BCUT2D eigenvalue weighted by Gasteiger charge is -2.21. The smallest absolute Gasteiger partial charge is 0.240 e. The maximum atomic E-state index is 12.4. The fourth-order valence-electron chi connectivity index (χ4n) is 3.62. The summed E-state index contributed by atoms with van der Waals surface area (Å²) in [5.41, 5.74) is 3.22. The molecular formula is C26H28ClN5O4S. The Morgan fingerprint density at radius 1 is 1.14 bits per heavy atom. The molecule has 0 spiro atoms. The monoisotopic (exact) mass is 541 g/mol. The molecule has 2 aromatic carbocycles. The summed E-state index contributed by atoms with van der Waals surface area (Å²) in [4.78, 5) is 21.2. The van der Waals surface area contributed by atoms with Crippen molar-refractivity contribution in [2.45, 2.75) is 32.1 Å². The topological polar surface area (TPSA) is 115 Å². The van der Waals surface area contributed by atoms with Gasteiger partial charge in [0.2, 0.25) is 5.91 Å². The average molecular weight is 542 g/mol. The lowest BCUT2D eigenvalue weighted by atomic mass is 10.2. The second-order valence-corrected chi connectivity index (χ2v) is 12.2. The molecule has 2 N–H and O–H groups in total. The fourth-order valence-corrected chi connectivity index (χ4v) is 4.21. The number of benzene rings is 2. The number of carbonyl (C=O) groups excluding carboxylic acids is 1. The summed E-state index contributed by atoms with van der Waals surface area (Å²) >= 11 is 6.05. The van der Waals surface area contributed by atoms with Crippen molar-refractivity contribution >= 4 is 49.9 Å². The van der Waals surface area contributed by atoms with Crippen molar-refractivity contribution < 1.29 is 17.9 Å². The molecular weight excluding hydrogens is 514 g/mol. The van der Waals surface area contributed by atoms with Crippen LogP contribution in [0.3, 0.4) is 0 Å². The number of nitrogens with one attached hydrogen (secondary N) is 2. The number of anilines is 2. The van der Waals surface area contributed by atoms with E-state index in [-0.39, 0.29) is 6.54 Å². The lowest BCUT2D eigenvalue weighted by Crippen LogP contribution is -2.48. The summed E-state index contributed by atoms with van der Waals surface area (Å²) in [5, 5.41) is 6.66. The number of sulfone groups is 1. The van der Waals surface area contributed by atoms with Crippen LogP contribution in [0.1, 0.15) is 19.4 Å². The number of fused-ring (bicyclic) bond motifs is 1. The molecule has 1 amide bonds. The molecule has 4 rings (SSSR count). The number of aryl methyl sites for hydroxylation is 1. The van der Waals surface area contributed by atoms with E-state index in [1.54, 1.807) is 12.1 Å². The zero-order valence-corrected chi connectivity index (χ0v) is 22.5. The molecule has 0 saturated heterocycles. The quantitative estimate of drug-likeness (QED) is 0.310. The molecule has 0 radical (unpaired) electrons. The predicted molar refractivity (Wildman–Crippen MR) is 145 cm³/mol. The molecule has 2 aromatic heterocycles.